The van der Waals surface area contributed by atoms with Gasteiger partial charge in [0.25, 0.3) is 0 Å². The molecule has 0 saturated carbocycles. The van der Waals surface area contributed by atoms with Crippen LogP contribution in [0.1, 0.15) is 60.3 Å². The van der Waals surface area contributed by atoms with Gasteiger partial charge in [-0.3, -0.25) is 4.79 Å². The Morgan fingerprint density at radius 3 is 1.79 bits per heavy atom. The standard InChI is InChI=1S/C12H25NO/c1-6-9-12(14)13(10(4)7-2)11(5)8-3/h10-11H,6-9H2,1-5H3. The summed E-state index contributed by atoms with van der Waals surface area (Å²) in [6.07, 6.45) is 3.72. The Morgan fingerprint density at radius 1 is 1.07 bits per heavy atom. The summed E-state index contributed by atoms with van der Waals surface area (Å²) in [5.74, 6) is 0.316. The van der Waals surface area contributed by atoms with Gasteiger partial charge in [0.15, 0.2) is 0 Å². The summed E-state index contributed by atoms with van der Waals surface area (Å²) in [4.78, 5) is 13.9. The highest BCUT2D eigenvalue weighted by molar-refractivity contribution is 5.76. The third kappa shape index (κ3) is 3.69. The van der Waals surface area contributed by atoms with Gasteiger partial charge >= 0.3 is 0 Å². The molecule has 2 unspecified atom stereocenters. The van der Waals surface area contributed by atoms with Crippen molar-refractivity contribution in [1.82, 2.24) is 4.90 Å². The van der Waals surface area contributed by atoms with Gasteiger partial charge in [-0.15, -0.1) is 0 Å². The molecule has 0 aromatic rings. The molecule has 0 fully saturated rings. The minimum Gasteiger partial charge on any atom is -0.337 e. The van der Waals surface area contributed by atoms with Crippen molar-refractivity contribution < 1.29 is 4.79 Å². The fourth-order valence-corrected chi connectivity index (χ4v) is 1.66. The highest BCUT2D eigenvalue weighted by Gasteiger charge is 2.22. The number of hydrogen-bond acceptors (Lipinski definition) is 1. The van der Waals surface area contributed by atoms with Gasteiger partial charge < -0.3 is 4.90 Å². The molecule has 2 nitrogen and oxygen atoms in total. The summed E-state index contributed by atoms with van der Waals surface area (Å²) < 4.78 is 0. The van der Waals surface area contributed by atoms with Crippen molar-refractivity contribution in [2.24, 2.45) is 0 Å². The van der Waals surface area contributed by atoms with Crippen molar-refractivity contribution in [3.63, 3.8) is 0 Å². The largest absolute Gasteiger partial charge is 0.337 e. The lowest BCUT2D eigenvalue weighted by molar-refractivity contribution is -0.135. The van der Waals surface area contributed by atoms with E-state index in [1.807, 2.05) is 0 Å². The molecular formula is C12H25NO. The van der Waals surface area contributed by atoms with E-state index in [0.717, 1.165) is 19.3 Å². The lowest BCUT2D eigenvalue weighted by Gasteiger charge is -2.34. The Bertz CT molecular complexity index is 158. The predicted molar refractivity (Wildman–Crippen MR) is 61.3 cm³/mol. The van der Waals surface area contributed by atoms with Crippen LogP contribution in [0.4, 0.5) is 0 Å². The van der Waals surface area contributed by atoms with E-state index >= 15 is 0 Å². The average molecular weight is 199 g/mol. The van der Waals surface area contributed by atoms with Crippen LogP contribution in [0.3, 0.4) is 0 Å². The topological polar surface area (TPSA) is 20.3 Å². The fraction of sp³-hybridized carbons (Fsp3) is 0.917. The first kappa shape index (κ1) is 13.5. The highest BCUT2D eigenvalue weighted by Crippen LogP contribution is 2.13. The first-order chi connectivity index (χ1) is 6.58. The van der Waals surface area contributed by atoms with E-state index < -0.39 is 0 Å². The molecule has 0 radical (unpaired) electrons. The van der Waals surface area contributed by atoms with Crippen molar-refractivity contribution in [2.45, 2.75) is 72.4 Å². The zero-order valence-electron chi connectivity index (χ0n) is 10.3. The summed E-state index contributed by atoms with van der Waals surface area (Å²) in [6, 6.07) is 0.757. The molecule has 14 heavy (non-hydrogen) atoms. The molecule has 84 valence electrons. The first-order valence-corrected chi connectivity index (χ1v) is 5.89. The van der Waals surface area contributed by atoms with Crippen molar-refractivity contribution in [2.75, 3.05) is 0 Å². The third-order valence-corrected chi connectivity index (χ3v) is 2.88. The molecule has 0 N–H and O–H groups in total. The zero-order chi connectivity index (χ0) is 11.1. The Kier molecular flexibility index (Phi) is 6.60. The molecule has 0 aromatic carbocycles. The van der Waals surface area contributed by atoms with Gasteiger partial charge in [-0.2, -0.15) is 0 Å². The normalized spacial score (nSPS) is 14.9. The van der Waals surface area contributed by atoms with Crippen molar-refractivity contribution in [3.8, 4) is 0 Å². The maximum absolute atomic E-state index is 11.9. The summed E-state index contributed by atoms with van der Waals surface area (Å²) in [5, 5.41) is 0. The van der Waals surface area contributed by atoms with Crippen LogP contribution in [0.15, 0.2) is 0 Å². The van der Waals surface area contributed by atoms with Gasteiger partial charge in [0.05, 0.1) is 0 Å². The Labute approximate surface area is 88.7 Å². The monoisotopic (exact) mass is 199 g/mol. The molecular weight excluding hydrogens is 174 g/mol. The maximum atomic E-state index is 11.9. The molecule has 2 atom stereocenters. The van der Waals surface area contributed by atoms with Crippen LogP contribution in [0, 0.1) is 0 Å². The second-order valence-corrected chi connectivity index (χ2v) is 4.07. The zero-order valence-corrected chi connectivity index (χ0v) is 10.3. The summed E-state index contributed by atoms with van der Waals surface area (Å²) in [5.41, 5.74) is 0. The quantitative estimate of drug-likeness (QED) is 0.643. The van der Waals surface area contributed by atoms with Crippen LogP contribution in [-0.2, 0) is 4.79 Å². The number of nitrogens with zero attached hydrogens (tertiary/aromatic N) is 1. The van der Waals surface area contributed by atoms with Crippen LogP contribution < -0.4 is 0 Å². The van der Waals surface area contributed by atoms with Crippen molar-refractivity contribution in [3.05, 3.63) is 0 Å². The molecule has 0 bridgehead atoms. The lowest BCUT2D eigenvalue weighted by atomic mass is 10.1. The van der Waals surface area contributed by atoms with Gasteiger partial charge in [0.2, 0.25) is 5.91 Å². The lowest BCUT2D eigenvalue weighted by Crippen LogP contribution is -2.44. The van der Waals surface area contributed by atoms with Crippen LogP contribution >= 0.6 is 0 Å². The third-order valence-electron chi connectivity index (χ3n) is 2.88. The van der Waals surface area contributed by atoms with E-state index in [2.05, 4.69) is 39.5 Å². The molecule has 0 aliphatic rings. The Hall–Kier alpha value is -0.530. The van der Waals surface area contributed by atoms with Gasteiger partial charge in [-0.1, -0.05) is 20.8 Å². The van der Waals surface area contributed by atoms with E-state index in [9.17, 15) is 4.79 Å². The van der Waals surface area contributed by atoms with E-state index in [0.29, 0.717) is 24.4 Å². The second kappa shape index (κ2) is 6.86. The van der Waals surface area contributed by atoms with Crippen LogP contribution in [0.2, 0.25) is 0 Å². The Balaban J connectivity index is 4.45. The molecule has 0 saturated heterocycles. The fourth-order valence-electron chi connectivity index (χ4n) is 1.66. The number of amides is 1. The minimum atomic E-state index is 0.316. The van der Waals surface area contributed by atoms with E-state index in [4.69, 9.17) is 0 Å². The van der Waals surface area contributed by atoms with E-state index in [-0.39, 0.29) is 0 Å². The average Bonchev–Trinajstić information content (AvgIpc) is 2.17. The van der Waals surface area contributed by atoms with Gasteiger partial charge in [0, 0.05) is 18.5 Å². The maximum Gasteiger partial charge on any atom is 0.223 e. The molecule has 0 aliphatic carbocycles. The molecule has 0 aliphatic heterocycles. The molecule has 2 heteroatoms. The second-order valence-electron chi connectivity index (χ2n) is 4.07. The molecule has 0 spiro atoms. The van der Waals surface area contributed by atoms with Gasteiger partial charge in [-0.25, -0.2) is 0 Å². The highest BCUT2D eigenvalue weighted by atomic mass is 16.2. The van der Waals surface area contributed by atoms with Crippen molar-refractivity contribution in [1.29, 1.82) is 0 Å². The van der Waals surface area contributed by atoms with E-state index in [1.54, 1.807) is 0 Å². The van der Waals surface area contributed by atoms with Gasteiger partial charge in [-0.05, 0) is 33.1 Å². The van der Waals surface area contributed by atoms with E-state index in [1.165, 1.54) is 0 Å². The minimum absolute atomic E-state index is 0.316. The molecule has 0 heterocycles. The van der Waals surface area contributed by atoms with Crippen molar-refractivity contribution >= 4 is 5.91 Å². The van der Waals surface area contributed by atoms with Gasteiger partial charge in [0.1, 0.15) is 0 Å². The van der Waals surface area contributed by atoms with Crippen LogP contribution in [-0.4, -0.2) is 22.9 Å². The Morgan fingerprint density at radius 2 is 1.50 bits per heavy atom. The van der Waals surface area contributed by atoms with Crippen LogP contribution in [0.5, 0.6) is 0 Å². The molecule has 0 rings (SSSR count). The van der Waals surface area contributed by atoms with Crippen LogP contribution in [0.25, 0.3) is 0 Å². The summed E-state index contributed by atoms with van der Waals surface area (Å²) in [7, 11) is 0. The molecule has 1 amide bonds. The predicted octanol–water partition coefficient (Wildman–Crippen LogP) is 3.21. The summed E-state index contributed by atoms with van der Waals surface area (Å²) >= 11 is 0. The number of rotatable bonds is 6. The number of carbonyl (C=O) groups excluding carboxylic acids is 1. The molecule has 0 aromatic heterocycles. The smallest absolute Gasteiger partial charge is 0.223 e. The SMILES string of the molecule is CCCC(=O)N(C(C)CC)C(C)CC. The number of hydrogen-bond donors (Lipinski definition) is 0. The number of carbonyl (C=O) groups is 1. The summed E-state index contributed by atoms with van der Waals surface area (Å²) in [6.45, 7) is 10.6. The first-order valence-electron chi connectivity index (χ1n) is 5.89.